The van der Waals surface area contributed by atoms with Gasteiger partial charge in [0, 0.05) is 24.0 Å². The molecule has 0 unspecified atom stereocenters. The van der Waals surface area contributed by atoms with E-state index < -0.39 is 23.5 Å². The van der Waals surface area contributed by atoms with E-state index in [2.05, 4.69) is 15.6 Å². The van der Waals surface area contributed by atoms with Crippen molar-refractivity contribution in [2.45, 2.75) is 25.7 Å². The van der Waals surface area contributed by atoms with E-state index in [-0.39, 0.29) is 42.9 Å². The lowest BCUT2D eigenvalue weighted by atomic mass is 9.97. The van der Waals surface area contributed by atoms with Crippen molar-refractivity contribution in [1.82, 2.24) is 10.3 Å². The second-order valence-electron chi connectivity index (χ2n) is 7.68. The Morgan fingerprint density at radius 3 is 2.40 bits per heavy atom. The molecule has 3 aromatic rings. The van der Waals surface area contributed by atoms with Crippen LogP contribution in [0.4, 0.5) is 37.8 Å². The summed E-state index contributed by atoms with van der Waals surface area (Å²) in [7, 11) is 0. The van der Waals surface area contributed by atoms with Crippen molar-refractivity contribution in [3.8, 4) is 0 Å². The fourth-order valence-electron chi connectivity index (χ4n) is 3.46. The van der Waals surface area contributed by atoms with Gasteiger partial charge in [-0.1, -0.05) is 12.1 Å². The van der Waals surface area contributed by atoms with Crippen LogP contribution in [0.2, 0.25) is 0 Å². The molecule has 0 spiro atoms. The van der Waals surface area contributed by atoms with Crippen LogP contribution in [0.1, 0.15) is 38.2 Å². The summed E-state index contributed by atoms with van der Waals surface area (Å²) < 4.78 is 79.2. The van der Waals surface area contributed by atoms with Gasteiger partial charge in [0.1, 0.15) is 5.82 Å². The summed E-state index contributed by atoms with van der Waals surface area (Å²) in [6.07, 6.45) is -8.76. The number of aliphatic hydroxyl groups excluding tert-OH is 1. The smallest absolute Gasteiger partial charge is 0.395 e. The Morgan fingerprint density at radius 1 is 1.00 bits per heavy atom. The summed E-state index contributed by atoms with van der Waals surface area (Å²) in [4.78, 5) is 16.4. The maximum absolute atomic E-state index is 13.5. The first-order valence-corrected chi connectivity index (χ1v) is 10.4. The molecule has 0 saturated heterocycles. The predicted octanol–water partition coefficient (Wildman–Crippen LogP) is 5.48. The van der Waals surface area contributed by atoms with Crippen molar-refractivity contribution in [2.24, 2.45) is 0 Å². The number of hydrogen-bond donors (Lipinski definition) is 3. The zero-order chi connectivity index (χ0) is 25.8. The molecule has 0 fully saturated rings. The van der Waals surface area contributed by atoms with Gasteiger partial charge in [-0.3, -0.25) is 4.79 Å². The number of nitrogens with zero attached hydrogens (tertiary/aromatic N) is 1. The highest BCUT2D eigenvalue weighted by molar-refractivity contribution is 5.97. The van der Waals surface area contributed by atoms with Crippen LogP contribution in [0.15, 0.2) is 54.7 Å². The van der Waals surface area contributed by atoms with Crippen molar-refractivity contribution in [2.75, 3.05) is 18.5 Å². The van der Waals surface area contributed by atoms with Crippen LogP contribution in [-0.4, -0.2) is 29.1 Å². The summed E-state index contributed by atoms with van der Waals surface area (Å²) in [6, 6.07) is 9.44. The van der Waals surface area contributed by atoms with Crippen molar-refractivity contribution in [3.05, 3.63) is 88.1 Å². The maximum Gasteiger partial charge on any atom is 0.416 e. The van der Waals surface area contributed by atoms with Gasteiger partial charge in [0.25, 0.3) is 5.91 Å². The third-order valence-electron chi connectivity index (χ3n) is 5.20. The maximum atomic E-state index is 13.5. The highest BCUT2D eigenvalue weighted by atomic mass is 19.4. The summed E-state index contributed by atoms with van der Waals surface area (Å²) in [5.74, 6) is -0.108. The second kappa shape index (κ2) is 10.3. The minimum atomic E-state index is -4.96. The van der Waals surface area contributed by atoms with E-state index in [0.717, 1.165) is 6.07 Å². The Morgan fingerprint density at radius 2 is 1.74 bits per heavy atom. The quantitative estimate of drug-likeness (QED) is 0.378. The molecule has 1 aromatic heterocycles. The van der Waals surface area contributed by atoms with Gasteiger partial charge in [0.2, 0.25) is 0 Å². The van der Waals surface area contributed by atoms with Crippen LogP contribution in [0.5, 0.6) is 0 Å². The summed E-state index contributed by atoms with van der Waals surface area (Å²) >= 11 is 0. The minimum Gasteiger partial charge on any atom is -0.395 e. The first kappa shape index (κ1) is 26.0. The van der Waals surface area contributed by atoms with E-state index in [0.29, 0.717) is 28.4 Å². The van der Waals surface area contributed by atoms with Gasteiger partial charge in [-0.05, 0) is 66.4 Å². The first-order chi connectivity index (χ1) is 16.4. The van der Waals surface area contributed by atoms with Crippen molar-refractivity contribution in [1.29, 1.82) is 0 Å². The van der Waals surface area contributed by atoms with Crippen molar-refractivity contribution in [3.63, 3.8) is 0 Å². The molecule has 186 valence electrons. The summed E-state index contributed by atoms with van der Waals surface area (Å²) in [5, 5.41) is 14.4. The summed E-state index contributed by atoms with van der Waals surface area (Å²) in [5.41, 5.74) is -1.17. The number of alkyl halides is 6. The SMILES string of the molecule is Cc1c(Nc2cc(Cc3ccc(C(F)(F)F)cc3C(F)(F)F)ccn2)cccc1C(=O)NCCO. The van der Waals surface area contributed by atoms with E-state index in [4.69, 9.17) is 5.11 Å². The lowest BCUT2D eigenvalue weighted by Gasteiger charge is -2.16. The van der Waals surface area contributed by atoms with E-state index in [1.54, 1.807) is 25.1 Å². The zero-order valence-electron chi connectivity index (χ0n) is 18.4. The van der Waals surface area contributed by atoms with Crippen molar-refractivity contribution >= 4 is 17.4 Å². The molecule has 0 aliphatic heterocycles. The van der Waals surface area contributed by atoms with E-state index in [1.807, 2.05) is 0 Å². The van der Waals surface area contributed by atoms with Crippen LogP contribution < -0.4 is 10.6 Å². The lowest BCUT2D eigenvalue weighted by Crippen LogP contribution is -2.27. The standard InChI is InChI=1S/C24H21F6N3O2/c1-14-18(22(35)32-9-10-34)3-2-4-20(14)33-21-12-15(7-8-31-21)11-16-5-6-17(23(25,26)27)13-19(16)24(28,29)30/h2-8,12-13,34H,9-11H2,1H3,(H,31,33)(H,32,35). The molecule has 0 bridgehead atoms. The van der Waals surface area contributed by atoms with Gasteiger partial charge in [0.15, 0.2) is 0 Å². The van der Waals surface area contributed by atoms with Crippen LogP contribution in [0.3, 0.4) is 0 Å². The van der Waals surface area contributed by atoms with Crippen LogP contribution >= 0.6 is 0 Å². The Kier molecular flexibility index (Phi) is 7.69. The number of nitrogens with one attached hydrogen (secondary N) is 2. The summed E-state index contributed by atoms with van der Waals surface area (Å²) in [6.45, 7) is 1.57. The van der Waals surface area contributed by atoms with Crippen molar-refractivity contribution < 1.29 is 36.2 Å². The number of carbonyl (C=O) groups excluding carboxylic acids is 1. The molecule has 35 heavy (non-hydrogen) atoms. The van der Waals surface area contributed by atoms with Gasteiger partial charge < -0.3 is 15.7 Å². The number of hydrogen-bond acceptors (Lipinski definition) is 4. The number of halogens is 6. The number of benzene rings is 2. The molecule has 1 heterocycles. The van der Waals surface area contributed by atoms with Gasteiger partial charge in [-0.25, -0.2) is 4.98 Å². The Bertz CT molecular complexity index is 1210. The van der Waals surface area contributed by atoms with Crippen LogP contribution in [-0.2, 0) is 18.8 Å². The number of aromatic nitrogens is 1. The Balaban J connectivity index is 1.87. The highest BCUT2D eigenvalue weighted by Crippen LogP contribution is 2.38. The topological polar surface area (TPSA) is 74.2 Å². The fraction of sp³-hybridized carbons (Fsp3) is 0.250. The molecule has 0 radical (unpaired) electrons. The van der Waals surface area contributed by atoms with E-state index >= 15 is 0 Å². The van der Waals surface area contributed by atoms with Gasteiger partial charge in [-0.2, -0.15) is 26.3 Å². The van der Waals surface area contributed by atoms with Gasteiger partial charge in [-0.15, -0.1) is 0 Å². The van der Waals surface area contributed by atoms with Gasteiger partial charge >= 0.3 is 12.4 Å². The van der Waals surface area contributed by atoms with Gasteiger partial charge in [0.05, 0.1) is 17.7 Å². The van der Waals surface area contributed by atoms with E-state index in [9.17, 15) is 31.1 Å². The average Bonchev–Trinajstić information content (AvgIpc) is 2.78. The molecular weight excluding hydrogens is 476 g/mol. The lowest BCUT2D eigenvalue weighted by molar-refractivity contribution is -0.143. The Hall–Kier alpha value is -3.60. The molecule has 0 aliphatic rings. The molecule has 0 saturated carbocycles. The molecule has 3 rings (SSSR count). The molecular formula is C24H21F6N3O2. The fourth-order valence-corrected chi connectivity index (χ4v) is 3.46. The Labute approximate surface area is 196 Å². The normalized spacial score (nSPS) is 11.9. The number of amides is 1. The number of carbonyl (C=O) groups is 1. The van der Waals surface area contributed by atoms with Crippen LogP contribution in [0, 0.1) is 6.92 Å². The molecule has 0 aliphatic carbocycles. The molecule has 11 heteroatoms. The third-order valence-corrected chi connectivity index (χ3v) is 5.20. The minimum absolute atomic E-state index is 0.0867. The molecule has 5 nitrogen and oxygen atoms in total. The number of pyridine rings is 1. The third kappa shape index (κ3) is 6.50. The average molecular weight is 497 g/mol. The number of aliphatic hydroxyl groups is 1. The largest absolute Gasteiger partial charge is 0.416 e. The second-order valence-corrected chi connectivity index (χ2v) is 7.68. The number of anilines is 2. The monoisotopic (exact) mass is 497 g/mol. The molecule has 2 aromatic carbocycles. The first-order valence-electron chi connectivity index (χ1n) is 10.4. The molecule has 3 N–H and O–H groups in total. The van der Waals surface area contributed by atoms with Crippen LogP contribution in [0.25, 0.3) is 0 Å². The molecule has 1 amide bonds. The predicted molar refractivity (Wildman–Crippen MR) is 117 cm³/mol. The molecule has 0 atom stereocenters. The van der Waals surface area contributed by atoms with E-state index in [1.165, 1.54) is 18.3 Å². The zero-order valence-corrected chi connectivity index (χ0v) is 18.4. The number of rotatable bonds is 7. The highest BCUT2D eigenvalue weighted by Gasteiger charge is 2.38.